The summed E-state index contributed by atoms with van der Waals surface area (Å²) in [5, 5.41) is 1.20. The van der Waals surface area contributed by atoms with Crippen molar-refractivity contribution >= 4 is 23.2 Å². The Labute approximate surface area is 132 Å². The van der Waals surface area contributed by atoms with Crippen LogP contribution in [-0.4, -0.2) is 24.5 Å². The topological polar surface area (TPSA) is 29.3 Å². The van der Waals surface area contributed by atoms with Crippen LogP contribution in [0.15, 0.2) is 18.2 Å². The van der Waals surface area contributed by atoms with Crippen LogP contribution in [0.3, 0.4) is 0 Å². The molecule has 1 aliphatic rings. The molecule has 0 bridgehead atoms. The van der Waals surface area contributed by atoms with Gasteiger partial charge in [0, 0.05) is 18.6 Å². The molecule has 112 valence electrons. The van der Waals surface area contributed by atoms with Gasteiger partial charge in [-0.3, -0.25) is 4.90 Å². The summed E-state index contributed by atoms with van der Waals surface area (Å²) >= 11 is 12.1. The third-order valence-electron chi connectivity index (χ3n) is 4.53. The average Bonchev–Trinajstić information content (AvgIpc) is 2.43. The maximum Gasteiger partial charge on any atom is 0.0595 e. The first-order chi connectivity index (χ1) is 9.52. The van der Waals surface area contributed by atoms with Crippen molar-refractivity contribution in [1.82, 2.24) is 4.90 Å². The minimum Gasteiger partial charge on any atom is -0.329 e. The Balaban J connectivity index is 2.15. The molecule has 4 heteroatoms. The number of hydrogen-bond donors (Lipinski definition) is 1. The van der Waals surface area contributed by atoms with Crippen molar-refractivity contribution in [2.24, 2.45) is 11.7 Å². The van der Waals surface area contributed by atoms with Gasteiger partial charge in [0.2, 0.25) is 0 Å². The molecule has 2 nitrogen and oxygen atoms in total. The number of nitrogens with two attached hydrogens (primary N) is 1. The highest BCUT2D eigenvalue weighted by molar-refractivity contribution is 6.42. The fraction of sp³-hybridized carbons (Fsp3) is 0.625. The largest absolute Gasteiger partial charge is 0.329 e. The summed E-state index contributed by atoms with van der Waals surface area (Å²) in [4.78, 5) is 2.43. The zero-order valence-corrected chi connectivity index (χ0v) is 13.8. The van der Waals surface area contributed by atoms with Gasteiger partial charge in [0.05, 0.1) is 10.0 Å². The van der Waals surface area contributed by atoms with Gasteiger partial charge in [0.25, 0.3) is 0 Å². The first-order valence-electron chi connectivity index (χ1n) is 7.40. The van der Waals surface area contributed by atoms with E-state index in [1.165, 1.54) is 25.7 Å². The SMILES string of the molecule is CC1CCCC(N(C)C(CN)c2ccc(Cl)c(Cl)c2)C1. The van der Waals surface area contributed by atoms with Gasteiger partial charge >= 0.3 is 0 Å². The average molecular weight is 315 g/mol. The monoisotopic (exact) mass is 314 g/mol. The van der Waals surface area contributed by atoms with E-state index in [9.17, 15) is 0 Å². The Hall–Kier alpha value is -0.280. The van der Waals surface area contributed by atoms with E-state index in [0.29, 0.717) is 22.6 Å². The number of nitrogens with zero attached hydrogens (tertiary/aromatic N) is 1. The van der Waals surface area contributed by atoms with Crippen molar-refractivity contribution in [3.63, 3.8) is 0 Å². The number of likely N-dealkylation sites (N-methyl/N-ethyl adjacent to an activating group) is 1. The number of rotatable bonds is 4. The molecule has 1 aromatic carbocycles. The van der Waals surface area contributed by atoms with E-state index in [0.717, 1.165) is 11.5 Å². The zero-order chi connectivity index (χ0) is 14.7. The standard InChI is InChI=1S/C16H24Cl2N2/c1-11-4-3-5-13(8-11)20(2)16(10-19)12-6-7-14(17)15(18)9-12/h6-7,9,11,13,16H,3-5,8,10,19H2,1-2H3. The molecule has 1 saturated carbocycles. The molecule has 0 radical (unpaired) electrons. The van der Waals surface area contributed by atoms with Crippen LogP contribution in [0.2, 0.25) is 10.0 Å². The van der Waals surface area contributed by atoms with Crippen LogP contribution in [0.1, 0.15) is 44.2 Å². The fourth-order valence-electron chi connectivity index (χ4n) is 3.28. The van der Waals surface area contributed by atoms with E-state index in [2.05, 4.69) is 18.9 Å². The molecule has 20 heavy (non-hydrogen) atoms. The summed E-state index contributed by atoms with van der Waals surface area (Å²) < 4.78 is 0. The van der Waals surface area contributed by atoms with E-state index < -0.39 is 0 Å². The Morgan fingerprint density at radius 3 is 2.65 bits per heavy atom. The highest BCUT2D eigenvalue weighted by Gasteiger charge is 2.27. The molecule has 0 amide bonds. The lowest BCUT2D eigenvalue weighted by atomic mass is 9.85. The molecular formula is C16H24Cl2N2. The van der Waals surface area contributed by atoms with Gasteiger partial charge in [-0.2, -0.15) is 0 Å². The number of halogens is 2. The summed E-state index contributed by atoms with van der Waals surface area (Å²) in [6.07, 6.45) is 5.19. The molecular weight excluding hydrogens is 291 g/mol. The Morgan fingerprint density at radius 2 is 2.05 bits per heavy atom. The normalized spacial score (nSPS) is 24.9. The summed E-state index contributed by atoms with van der Waals surface area (Å²) in [6, 6.07) is 6.67. The van der Waals surface area contributed by atoms with E-state index in [1.807, 2.05) is 18.2 Å². The molecule has 0 spiro atoms. The third kappa shape index (κ3) is 3.67. The second kappa shape index (κ2) is 7.13. The Kier molecular flexibility index (Phi) is 5.74. The van der Waals surface area contributed by atoms with Gasteiger partial charge in [-0.25, -0.2) is 0 Å². The lowest BCUT2D eigenvalue weighted by molar-refractivity contribution is 0.121. The molecule has 0 aromatic heterocycles. The summed E-state index contributed by atoms with van der Waals surface area (Å²) in [5.74, 6) is 0.809. The molecule has 0 aliphatic heterocycles. The van der Waals surface area contributed by atoms with Crippen molar-refractivity contribution in [3.8, 4) is 0 Å². The lowest BCUT2D eigenvalue weighted by Gasteiger charge is -2.39. The molecule has 2 rings (SSSR count). The maximum atomic E-state index is 6.14. The molecule has 1 aromatic rings. The zero-order valence-electron chi connectivity index (χ0n) is 12.3. The van der Waals surface area contributed by atoms with E-state index in [4.69, 9.17) is 28.9 Å². The molecule has 1 fully saturated rings. The van der Waals surface area contributed by atoms with Gasteiger partial charge in [-0.05, 0) is 43.5 Å². The summed E-state index contributed by atoms with van der Waals surface area (Å²) in [5.41, 5.74) is 7.17. The van der Waals surface area contributed by atoms with Crippen molar-refractivity contribution in [2.75, 3.05) is 13.6 Å². The molecule has 0 saturated heterocycles. The molecule has 1 aliphatic carbocycles. The predicted octanol–water partition coefficient (Wildman–Crippen LogP) is 4.50. The Bertz CT molecular complexity index is 450. The van der Waals surface area contributed by atoms with Crippen molar-refractivity contribution < 1.29 is 0 Å². The fourth-order valence-corrected chi connectivity index (χ4v) is 3.59. The molecule has 0 heterocycles. The molecule has 2 N–H and O–H groups in total. The number of hydrogen-bond acceptors (Lipinski definition) is 2. The summed E-state index contributed by atoms with van der Waals surface area (Å²) in [7, 11) is 2.18. The second-order valence-electron chi connectivity index (χ2n) is 6.02. The van der Waals surface area contributed by atoms with Crippen LogP contribution < -0.4 is 5.73 Å². The lowest BCUT2D eigenvalue weighted by Crippen LogP contribution is -2.41. The first-order valence-corrected chi connectivity index (χ1v) is 8.15. The van der Waals surface area contributed by atoms with Crippen molar-refractivity contribution in [3.05, 3.63) is 33.8 Å². The summed E-state index contributed by atoms with van der Waals surface area (Å²) in [6.45, 7) is 2.94. The van der Waals surface area contributed by atoms with Crippen LogP contribution in [0.4, 0.5) is 0 Å². The van der Waals surface area contributed by atoms with Gasteiger partial charge in [-0.1, -0.05) is 49.0 Å². The van der Waals surface area contributed by atoms with Gasteiger partial charge in [-0.15, -0.1) is 0 Å². The second-order valence-corrected chi connectivity index (χ2v) is 6.83. The van der Waals surface area contributed by atoms with E-state index >= 15 is 0 Å². The highest BCUT2D eigenvalue weighted by Crippen LogP contribution is 2.33. The maximum absolute atomic E-state index is 6.14. The minimum absolute atomic E-state index is 0.208. The van der Waals surface area contributed by atoms with Gasteiger partial charge in [0.1, 0.15) is 0 Å². The Morgan fingerprint density at radius 1 is 1.30 bits per heavy atom. The third-order valence-corrected chi connectivity index (χ3v) is 5.27. The van der Waals surface area contributed by atoms with E-state index in [-0.39, 0.29) is 6.04 Å². The van der Waals surface area contributed by atoms with E-state index in [1.54, 1.807) is 0 Å². The smallest absolute Gasteiger partial charge is 0.0595 e. The minimum atomic E-state index is 0.208. The van der Waals surface area contributed by atoms with Crippen LogP contribution in [-0.2, 0) is 0 Å². The highest BCUT2D eigenvalue weighted by atomic mass is 35.5. The molecule has 3 atom stereocenters. The van der Waals surface area contributed by atoms with Crippen LogP contribution in [0, 0.1) is 5.92 Å². The van der Waals surface area contributed by atoms with Crippen LogP contribution in [0.25, 0.3) is 0 Å². The van der Waals surface area contributed by atoms with Crippen molar-refractivity contribution in [1.29, 1.82) is 0 Å². The quantitative estimate of drug-likeness (QED) is 0.886. The number of benzene rings is 1. The molecule has 3 unspecified atom stereocenters. The van der Waals surface area contributed by atoms with Crippen molar-refractivity contribution in [2.45, 2.75) is 44.7 Å². The van der Waals surface area contributed by atoms with Gasteiger partial charge < -0.3 is 5.73 Å². The van der Waals surface area contributed by atoms with Crippen LogP contribution in [0.5, 0.6) is 0 Å². The van der Waals surface area contributed by atoms with Crippen LogP contribution >= 0.6 is 23.2 Å². The first kappa shape index (κ1) is 16.1. The predicted molar refractivity (Wildman–Crippen MR) is 87.4 cm³/mol. The van der Waals surface area contributed by atoms with Gasteiger partial charge in [0.15, 0.2) is 0 Å².